The van der Waals surface area contributed by atoms with Gasteiger partial charge in [0.15, 0.2) is 0 Å². The van der Waals surface area contributed by atoms with E-state index in [1.165, 1.54) is 19.1 Å². The molecule has 1 N–H and O–H groups in total. The number of nitrogens with zero attached hydrogens (tertiary/aromatic N) is 1. The lowest BCUT2D eigenvalue weighted by Crippen LogP contribution is -2.41. The summed E-state index contributed by atoms with van der Waals surface area (Å²) in [5.41, 5.74) is 2.72. The highest BCUT2D eigenvalue weighted by atomic mass is 32.2. The molecule has 1 amide bonds. The first-order valence-corrected chi connectivity index (χ1v) is 9.85. The van der Waals surface area contributed by atoms with E-state index in [0.29, 0.717) is 23.7 Å². The van der Waals surface area contributed by atoms with Gasteiger partial charge in [-0.3, -0.25) is 9.52 Å². The van der Waals surface area contributed by atoms with Crippen LogP contribution >= 0.6 is 0 Å². The third-order valence-corrected chi connectivity index (χ3v) is 5.74. The summed E-state index contributed by atoms with van der Waals surface area (Å²) in [5.74, 6) is 0.351. The monoisotopic (exact) mass is 374 g/mol. The number of benzene rings is 2. The van der Waals surface area contributed by atoms with Crippen LogP contribution < -0.4 is 14.4 Å². The molecule has 1 unspecified atom stereocenters. The highest BCUT2D eigenvalue weighted by molar-refractivity contribution is 7.92. The summed E-state index contributed by atoms with van der Waals surface area (Å²) >= 11 is 0. The van der Waals surface area contributed by atoms with Crippen LogP contribution in [0.4, 0.5) is 11.4 Å². The highest BCUT2D eigenvalue weighted by Gasteiger charge is 2.28. The fourth-order valence-electron chi connectivity index (χ4n) is 3.05. The zero-order valence-corrected chi connectivity index (χ0v) is 16.1. The van der Waals surface area contributed by atoms with Crippen molar-refractivity contribution in [2.75, 3.05) is 16.2 Å². The Morgan fingerprint density at radius 2 is 1.85 bits per heavy atom. The molecular formula is C19H22N2O4S. The number of sulfonamides is 1. The molecule has 0 saturated carbocycles. The molecule has 3 rings (SSSR count). The molecule has 26 heavy (non-hydrogen) atoms. The highest BCUT2D eigenvalue weighted by Crippen LogP contribution is 2.36. The van der Waals surface area contributed by atoms with E-state index >= 15 is 0 Å². The Kier molecular flexibility index (Phi) is 4.66. The van der Waals surface area contributed by atoms with Gasteiger partial charge in [0.05, 0.1) is 22.8 Å². The normalized spacial score (nSPS) is 16.6. The van der Waals surface area contributed by atoms with Crippen LogP contribution in [-0.4, -0.2) is 27.0 Å². The van der Waals surface area contributed by atoms with Crippen LogP contribution in [0.5, 0.6) is 5.75 Å². The lowest BCUT2D eigenvalue weighted by molar-refractivity contribution is -0.117. The molecule has 1 atom stereocenters. The summed E-state index contributed by atoms with van der Waals surface area (Å²) < 4.78 is 34.1. The zero-order valence-electron chi connectivity index (χ0n) is 15.2. The van der Waals surface area contributed by atoms with E-state index in [-0.39, 0.29) is 16.9 Å². The van der Waals surface area contributed by atoms with E-state index in [4.69, 9.17) is 4.74 Å². The molecule has 0 aromatic heterocycles. The Morgan fingerprint density at radius 1 is 1.19 bits per heavy atom. The molecule has 1 aliphatic rings. The molecular weight excluding hydrogens is 352 g/mol. The van der Waals surface area contributed by atoms with E-state index in [0.717, 1.165) is 11.1 Å². The van der Waals surface area contributed by atoms with E-state index in [1.54, 1.807) is 11.0 Å². The third-order valence-electron chi connectivity index (χ3n) is 4.40. The number of ether oxygens (including phenoxy) is 1. The van der Waals surface area contributed by atoms with Crippen LogP contribution in [0.25, 0.3) is 0 Å². The fourth-order valence-corrected chi connectivity index (χ4v) is 4.27. The van der Waals surface area contributed by atoms with Crippen molar-refractivity contribution >= 4 is 27.3 Å². The number of hydrogen-bond acceptors (Lipinski definition) is 4. The van der Waals surface area contributed by atoms with Crippen molar-refractivity contribution in [1.29, 1.82) is 0 Å². The van der Waals surface area contributed by atoms with Gasteiger partial charge in [-0.25, -0.2) is 8.42 Å². The van der Waals surface area contributed by atoms with Crippen molar-refractivity contribution in [3.63, 3.8) is 0 Å². The molecule has 0 fully saturated rings. The van der Waals surface area contributed by atoms with Gasteiger partial charge in [0.25, 0.3) is 10.0 Å². The number of hydrogen-bond donors (Lipinski definition) is 1. The lowest BCUT2D eigenvalue weighted by atomic mass is 10.1. The maximum absolute atomic E-state index is 12.9. The summed E-state index contributed by atoms with van der Waals surface area (Å²) in [6.45, 7) is 7.41. The molecule has 0 spiro atoms. The standard InChI is InChI=1S/C19H22N2O4S/c1-12-6-5-7-13(2)19(12)20-26(23,24)16-8-9-18-17(10-16)21(15(4)22)11-14(3)25-18/h5-10,14,20H,11H2,1-4H3. The third kappa shape index (κ3) is 3.39. The lowest BCUT2D eigenvalue weighted by Gasteiger charge is -2.33. The Balaban J connectivity index is 2.02. The van der Waals surface area contributed by atoms with Gasteiger partial charge in [-0.1, -0.05) is 18.2 Å². The van der Waals surface area contributed by atoms with E-state index < -0.39 is 10.0 Å². The number of fused-ring (bicyclic) bond motifs is 1. The van der Waals surface area contributed by atoms with Gasteiger partial charge in [0.1, 0.15) is 11.9 Å². The second-order valence-corrected chi connectivity index (χ2v) is 8.24. The van der Waals surface area contributed by atoms with Gasteiger partial charge >= 0.3 is 0 Å². The molecule has 0 bridgehead atoms. The van der Waals surface area contributed by atoms with Crippen molar-refractivity contribution in [2.24, 2.45) is 0 Å². The first-order valence-electron chi connectivity index (χ1n) is 8.37. The first kappa shape index (κ1) is 18.3. The largest absolute Gasteiger partial charge is 0.487 e. The van der Waals surface area contributed by atoms with Crippen LogP contribution in [0.2, 0.25) is 0 Å². The number of nitrogens with one attached hydrogen (secondary N) is 1. The molecule has 7 heteroatoms. The van der Waals surface area contributed by atoms with Gasteiger partial charge in [-0.05, 0) is 50.1 Å². The Labute approximate surface area is 153 Å². The molecule has 6 nitrogen and oxygen atoms in total. The summed E-state index contributed by atoms with van der Waals surface area (Å²) in [7, 11) is -3.80. The maximum Gasteiger partial charge on any atom is 0.261 e. The summed E-state index contributed by atoms with van der Waals surface area (Å²) in [5, 5.41) is 0. The second kappa shape index (κ2) is 6.64. The van der Waals surface area contributed by atoms with Crippen molar-refractivity contribution in [3.8, 4) is 5.75 Å². The minimum absolute atomic E-state index is 0.0864. The second-order valence-electron chi connectivity index (χ2n) is 6.56. The predicted molar refractivity (Wildman–Crippen MR) is 101 cm³/mol. The predicted octanol–water partition coefficient (Wildman–Crippen LogP) is 3.24. The Hall–Kier alpha value is -2.54. The van der Waals surface area contributed by atoms with Crippen molar-refractivity contribution in [1.82, 2.24) is 0 Å². The average Bonchev–Trinajstić information content (AvgIpc) is 2.57. The van der Waals surface area contributed by atoms with Crippen molar-refractivity contribution < 1.29 is 17.9 Å². The number of para-hydroxylation sites is 1. The molecule has 1 heterocycles. The summed E-state index contributed by atoms with van der Waals surface area (Å²) in [6, 6.07) is 10.2. The van der Waals surface area contributed by atoms with Crippen LogP contribution in [0.3, 0.4) is 0 Å². The zero-order chi connectivity index (χ0) is 19.1. The topological polar surface area (TPSA) is 75.7 Å². The van der Waals surface area contributed by atoms with Crippen LogP contribution in [-0.2, 0) is 14.8 Å². The van der Waals surface area contributed by atoms with E-state index in [9.17, 15) is 13.2 Å². The molecule has 0 aliphatic carbocycles. The molecule has 2 aromatic rings. The smallest absolute Gasteiger partial charge is 0.261 e. The van der Waals surface area contributed by atoms with Gasteiger partial charge in [-0.2, -0.15) is 0 Å². The molecule has 0 saturated heterocycles. The summed E-state index contributed by atoms with van der Waals surface area (Å²) in [4.78, 5) is 13.6. The van der Waals surface area contributed by atoms with Gasteiger partial charge in [0.2, 0.25) is 5.91 Å². The first-order chi connectivity index (χ1) is 12.2. The van der Waals surface area contributed by atoms with Crippen LogP contribution in [0, 0.1) is 13.8 Å². The SMILES string of the molecule is CC(=O)N1CC(C)Oc2ccc(S(=O)(=O)Nc3c(C)cccc3C)cc21. The minimum Gasteiger partial charge on any atom is -0.487 e. The van der Waals surface area contributed by atoms with Crippen molar-refractivity contribution in [3.05, 3.63) is 47.5 Å². The van der Waals surface area contributed by atoms with Gasteiger partial charge in [-0.15, -0.1) is 0 Å². The minimum atomic E-state index is -3.80. The van der Waals surface area contributed by atoms with Crippen molar-refractivity contribution in [2.45, 2.75) is 38.7 Å². The number of anilines is 2. The number of carbonyl (C=O) groups excluding carboxylic acids is 1. The van der Waals surface area contributed by atoms with E-state index in [2.05, 4.69) is 4.72 Å². The number of rotatable bonds is 3. The number of amides is 1. The number of carbonyl (C=O) groups is 1. The average molecular weight is 374 g/mol. The molecule has 2 aromatic carbocycles. The molecule has 1 aliphatic heterocycles. The summed E-state index contributed by atoms with van der Waals surface area (Å²) in [6.07, 6.45) is -0.151. The van der Waals surface area contributed by atoms with Crippen LogP contribution in [0.15, 0.2) is 41.3 Å². The maximum atomic E-state index is 12.9. The fraction of sp³-hybridized carbons (Fsp3) is 0.316. The molecule has 138 valence electrons. The Morgan fingerprint density at radius 3 is 2.46 bits per heavy atom. The van der Waals surface area contributed by atoms with E-state index in [1.807, 2.05) is 39.0 Å². The van der Waals surface area contributed by atoms with Gasteiger partial charge in [0, 0.05) is 6.92 Å². The molecule has 0 radical (unpaired) electrons. The van der Waals surface area contributed by atoms with Crippen LogP contribution in [0.1, 0.15) is 25.0 Å². The Bertz CT molecular complexity index is 949. The quantitative estimate of drug-likeness (QED) is 0.895. The van der Waals surface area contributed by atoms with Gasteiger partial charge < -0.3 is 9.64 Å². The number of aryl methyl sites for hydroxylation is 2.